The van der Waals surface area contributed by atoms with Crippen molar-refractivity contribution in [1.82, 2.24) is 15.6 Å². The van der Waals surface area contributed by atoms with Gasteiger partial charge in [-0.15, -0.1) is 0 Å². The van der Waals surface area contributed by atoms with E-state index in [9.17, 15) is 8.42 Å². The number of hydrogen-bond donors (Lipinski definition) is 4. The Morgan fingerprint density at radius 1 is 1.35 bits per heavy atom. The lowest BCUT2D eigenvalue weighted by molar-refractivity contribution is 0.540. The first-order valence-corrected chi connectivity index (χ1v) is 6.90. The van der Waals surface area contributed by atoms with Gasteiger partial charge in [-0.3, -0.25) is 5.43 Å². The van der Waals surface area contributed by atoms with Gasteiger partial charge < -0.3 is 5.73 Å². The summed E-state index contributed by atoms with van der Waals surface area (Å²) in [7, 11) is -3.41. The molecule has 1 fully saturated rings. The zero-order valence-corrected chi connectivity index (χ0v) is 10.1. The molecule has 0 spiro atoms. The van der Waals surface area contributed by atoms with Crippen LogP contribution in [0.1, 0.15) is 5.56 Å². The summed E-state index contributed by atoms with van der Waals surface area (Å²) in [5, 5.41) is -0.647. The van der Waals surface area contributed by atoms with Crippen LogP contribution in [0.15, 0.2) is 30.3 Å². The minimum atomic E-state index is -3.41. The highest BCUT2D eigenvalue weighted by atomic mass is 32.2. The van der Waals surface area contributed by atoms with Crippen molar-refractivity contribution in [3.63, 3.8) is 0 Å². The Kier molecular flexibility index (Phi) is 3.75. The Hall–Kier alpha value is -0.990. The van der Waals surface area contributed by atoms with Gasteiger partial charge in [0, 0.05) is 13.1 Å². The number of hydrogen-bond acceptors (Lipinski definition) is 5. The predicted molar refractivity (Wildman–Crippen MR) is 65.1 cm³/mol. The summed E-state index contributed by atoms with van der Waals surface area (Å²) in [6.07, 6.45) is -0.580. The van der Waals surface area contributed by atoms with Crippen molar-refractivity contribution in [2.75, 3.05) is 6.54 Å². The summed E-state index contributed by atoms with van der Waals surface area (Å²) in [5.41, 5.74) is 12.0. The molecule has 2 unspecified atom stereocenters. The molecule has 7 heteroatoms. The second-order valence-corrected chi connectivity index (χ2v) is 5.93. The van der Waals surface area contributed by atoms with Gasteiger partial charge >= 0.3 is 0 Å². The maximum Gasteiger partial charge on any atom is 0.219 e. The fourth-order valence-corrected chi connectivity index (χ4v) is 3.03. The summed E-state index contributed by atoms with van der Waals surface area (Å²) in [6.45, 7) is 0.595. The first-order chi connectivity index (χ1) is 8.09. The van der Waals surface area contributed by atoms with Gasteiger partial charge in [0.2, 0.25) is 10.0 Å². The van der Waals surface area contributed by atoms with Gasteiger partial charge in [0.15, 0.2) is 0 Å². The van der Waals surface area contributed by atoms with Gasteiger partial charge in [0.1, 0.15) is 5.25 Å². The average molecular weight is 256 g/mol. The largest absolute Gasteiger partial charge is 0.314 e. The quantitative estimate of drug-likeness (QED) is 0.546. The number of nitrogens with one attached hydrogen (secondary N) is 3. The van der Waals surface area contributed by atoms with Crippen molar-refractivity contribution in [3.05, 3.63) is 35.9 Å². The normalized spacial score (nSPS) is 25.0. The van der Waals surface area contributed by atoms with Crippen molar-refractivity contribution in [2.45, 2.75) is 18.0 Å². The molecule has 2 atom stereocenters. The maximum absolute atomic E-state index is 11.9. The van der Waals surface area contributed by atoms with Crippen LogP contribution < -0.4 is 21.3 Å². The monoisotopic (exact) mass is 256 g/mol. The fourth-order valence-electron chi connectivity index (χ4n) is 1.69. The van der Waals surface area contributed by atoms with Gasteiger partial charge in [-0.05, 0) is 5.56 Å². The highest BCUT2D eigenvalue weighted by molar-refractivity contribution is 7.90. The molecule has 1 saturated heterocycles. The molecule has 6 nitrogen and oxygen atoms in total. The zero-order valence-electron chi connectivity index (χ0n) is 9.26. The molecular formula is C10H16N4O2S. The second kappa shape index (κ2) is 5.11. The van der Waals surface area contributed by atoms with Crippen molar-refractivity contribution >= 4 is 10.0 Å². The summed E-state index contributed by atoms with van der Waals surface area (Å²) >= 11 is 0. The maximum atomic E-state index is 11.9. The van der Waals surface area contributed by atoms with Crippen LogP contribution in [0.3, 0.4) is 0 Å². The molecule has 5 N–H and O–H groups in total. The third-order valence-corrected chi connectivity index (χ3v) is 4.50. The number of sulfonamides is 1. The molecule has 1 heterocycles. The Morgan fingerprint density at radius 3 is 2.65 bits per heavy atom. The lowest BCUT2D eigenvalue weighted by Crippen LogP contribution is -2.48. The smallest absolute Gasteiger partial charge is 0.219 e. The van der Waals surface area contributed by atoms with E-state index in [0.29, 0.717) is 6.54 Å². The molecule has 1 aliphatic heterocycles. The minimum Gasteiger partial charge on any atom is -0.314 e. The third kappa shape index (κ3) is 3.02. The van der Waals surface area contributed by atoms with Crippen LogP contribution >= 0.6 is 0 Å². The SMILES string of the molecule is NC1NNCC1S(=O)(=O)NCc1ccccc1. The molecule has 0 bridgehead atoms. The Labute approximate surface area is 101 Å². The molecule has 2 rings (SSSR count). The molecule has 1 aromatic carbocycles. The van der Waals surface area contributed by atoms with Gasteiger partial charge in [-0.2, -0.15) is 0 Å². The number of nitrogens with two attached hydrogens (primary N) is 1. The molecule has 1 aromatic rings. The van der Waals surface area contributed by atoms with E-state index in [0.717, 1.165) is 5.56 Å². The summed E-state index contributed by atoms with van der Waals surface area (Å²) in [6, 6.07) is 9.36. The predicted octanol–water partition coefficient (Wildman–Crippen LogP) is -1.13. The molecule has 0 aliphatic carbocycles. The van der Waals surface area contributed by atoms with Crippen LogP contribution in [-0.4, -0.2) is 26.4 Å². The molecule has 0 radical (unpaired) electrons. The molecule has 94 valence electrons. The Balaban J connectivity index is 1.98. The van der Waals surface area contributed by atoms with Crippen LogP contribution in [-0.2, 0) is 16.6 Å². The summed E-state index contributed by atoms with van der Waals surface area (Å²) in [5.74, 6) is 0. The van der Waals surface area contributed by atoms with Crippen LogP contribution in [0, 0.1) is 0 Å². The van der Waals surface area contributed by atoms with Gasteiger partial charge in [-0.25, -0.2) is 18.6 Å². The molecular weight excluding hydrogens is 240 g/mol. The first-order valence-electron chi connectivity index (χ1n) is 5.36. The minimum absolute atomic E-state index is 0.284. The topological polar surface area (TPSA) is 96.2 Å². The average Bonchev–Trinajstić information content (AvgIpc) is 2.75. The van der Waals surface area contributed by atoms with Crippen LogP contribution in [0.4, 0.5) is 0 Å². The number of rotatable bonds is 4. The Morgan fingerprint density at radius 2 is 2.06 bits per heavy atom. The lowest BCUT2D eigenvalue weighted by Gasteiger charge is -2.15. The number of hydrazine groups is 1. The molecule has 1 aliphatic rings. The highest BCUT2D eigenvalue weighted by Gasteiger charge is 2.34. The van der Waals surface area contributed by atoms with Crippen molar-refractivity contribution in [3.8, 4) is 0 Å². The van der Waals surface area contributed by atoms with Crippen molar-refractivity contribution in [2.24, 2.45) is 5.73 Å². The summed E-state index contributed by atoms with van der Waals surface area (Å²) in [4.78, 5) is 0. The number of benzene rings is 1. The fraction of sp³-hybridized carbons (Fsp3) is 0.400. The lowest BCUT2D eigenvalue weighted by atomic mass is 10.2. The van der Waals surface area contributed by atoms with E-state index in [2.05, 4.69) is 15.6 Å². The van der Waals surface area contributed by atoms with E-state index in [1.807, 2.05) is 30.3 Å². The van der Waals surface area contributed by atoms with Crippen molar-refractivity contribution < 1.29 is 8.42 Å². The molecule has 0 amide bonds. The van der Waals surface area contributed by atoms with Crippen LogP contribution in [0.2, 0.25) is 0 Å². The standard InChI is InChI=1S/C10H16N4O2S/c11-10-9(7-12-14-10)17(15,16)13-6-8-4-2-1-3-5-8/h1-5,9-10,12-14H,6-7,11H2. The van der Waals surface area contributed by atoms with E-state index in [1.54, 1.807) is 0 Å². The van der Waals surface area contributed by atoms with Gasteiger partial charge in [0.25, 0.3) is 0 Å². The Bertz CT molecular complexity index is 462. The van der Waals surface area contributed by atoms with E-state index in [1.165, 1.54) is 0 Å². The molecule has 0 aromatic heterocycles. The van der Waals surface area contributed by atoms with Gasteiger partial charge in [-0.1, -0.05) is 30.3 Å². The van der Waals surface area contributed by atoms with Crippen molar-refractivity contribution in [1.29, 1.82) is 0 Å². The third-order valence-electron chi connectivity index (χ3n) is 2.69. The highest BCUT2D eigenvalue weighted by Crippen LogP contribution is 2.06. The van der Waals surface area contributed by atoms with Crippen LogP contribution in [0.5, 0.6) is 0 Å². The molecule has 17 heavy (non-hydrogen) atoms. The van der Waals surface area contributed by atoms with Crippen LogP contribution in [0.25, 0.3) is 0 Å². The second-order valence-electron chi connectivity index (χ2n) is 3.94. The van der Waals surface area contributed by atoms with E-state index in [4.69, 9.17) is 5.73 Å². The molecule has 0 saturated carbocycles. The van der Waals surface area contributed by atoms with E-state index in [-0.39, 0.29) is 6.54 Å². The van der Waals surface area contributed by atoms with E-state index < -0.39 is 21.4 Å². The zero-order chi connectivity index (χ0) is 12.3. The van der Waals surface area contributed by atoms with Gasteiger partial charge in [0.05, 0.1) is 6.17 Å². The first kappa shape index (κ1) is 12.5. The summed E-state index contributed by atoms with van der Waals surface area (Å²) < 4.78 is 26.5. The van der Waals surface area contributed by atoms with E-state index >= 15 is 0 Å².